The van der Waals surface area contributed by atoms with E-state index in [2.05, 4.69) is 78.3 Å². The number of alkyl carbamates (subject to hydrolysis) is 1. The van der Waals surface area contributed by atoms with Gasteiger partial charge in [0.1, 0.15) is 5.60 Å². The van der Waals surface area contributed by atoms with E-state index in [-0.39, 0.29) is 11.8 Å². The van der Waals surface area contributed by atoms with Crippen LogP contribution in [0.5, 0.6) is 0 Å². The first-order valence-electron chi connectivity index (χ1n) is 17.0. The number of carbonyl (C=O) groups is 2. The summed E-state index contributed by atoms with van der Waals surface area (Å²) in [4.78, 5) is 27.2. The lowest BCUT2D eigenvalue weighted by atomic mass is 9.66. The highest BCUT2D eigenvalue weighted by atomic mass is 32.1. The summed E-state index contributed by atoms with van der Waals surface area (Å²) >= 11 is 5.11. The maximum atomic E-state index is 13.7. The van der Waals surface area contributed by atoms with Crippen molar-refractivity contribution in [3.05, 3.63) is 144 Å². The average Bonchev–Trinajstić information content (AvgIpc) is 3.09. The molecule has 0 radical (unpaired) electrons. The molecule has 0 bridgehead atoms. The lowest BCUT2D eigenvalue weighted by Crippen LogP contribution is -2.58. The van der Waals surface area contributed by atoms with E-state index < -0.39 is 34.6 Å². The highest BCUT2D eigenvalue weighted by molar-refractivity contribution is 7.81. The average molecular weight is 666 g/mol. The van der Waals surface area contributed by atoms with Gasteiger partial charge in [-0.25, -0.2) is 4.79 Å². The summed E-state index contributed by atoms with van der Waals surface area (Å²) in [6.45, 7) is 10.2. The fourth-order valence-corrected chi connectivity index (χ4v) is 6.51. The molecule has 0 aromatic heterocycles. The van der Waals surface area contributed by atoms with E-state index in [1.807, 2.05) is 93.6 Å². The number of carbonyl (C=O) groups excluding carboxylic acids is 2. The van der Waals surface area contributed by atoms with E-state index in [0.29, 0.717) is 13.0 Å². The van der Waals surface area contributed by atoms with Gasteiger partial charge in [-0.05, 0) is 61.8 Å². The molecule has 0 saturated carbocycles. The molecule has 0 fully saturated rings. The number of rotatable bonds is 15. The van der Waals surface area contributed by atoms with Crippen LogP contribution in [0.25, 0.3) is 0 Å². The molecule has 6 nitrogen and oxygen atoms in total. The second-order valence-corrected chi connectivity index (χ2v) is 14.0. The molecular weight excluding hydrogens is 615 g/mol. The van der Waals surface area contributed by atoms with E-state index in [1.165, 1.54) is 5.56 Å². The number of thiol groups is 1. The molecular formula is C41H51N3O3S. The Morgan fingerprint density at radius 2 is 1.21 bits per heavy atom. The highest BCUT2D eigenvalue weighted by Gasteiger charge is 2.42. The third-order valence-corrected chi connectivity index (χ3v) is 9.32. The second-order valence-electron chi connectivity index (χ2n) is 13.5. The molecule has 48 heavy (non-hydrogen) atoms. The Morgan fingerprint density at radius 3 is 1.65 bits per heavy atom. The summed E-state index contributed by atoms with van der Waals surface area (Å²) in [5, 5.41) is 9.25. The lowest BCUT2D eigenvalue weighted by Gasteiger charge is -2.41. The number of hydrogen-bond acceptors (Lipinski definition) is 5. The summed E-state index contributed by atoms with van der Waals surface area (Å²) in [6, 6.07) is 40.1. The van der Waals surface area contributed by atoms with E-state index in [0.717, 1.165) is 29.5 Å². The fourth-order valence-electron chi connectivity index (χ4n) is 6.17. The number of amides is 2. The van der Waals surface area contributed by atoms with Gasteiger partial charge < -0.3 is 15.4 Å². The minimum absolute atomic E-state index is 0.0145. The van der Waals surface area contributed by atoms with Crippen molar-refractivity contribution in [2.75, 3.05) is 6.54 Å². The Kier molecular flexibility index (Phi) is 13.3. The fraction of sp³-hybridized carbons (Fsp3) is 0.366. The van der Waals surface area contributed by atoms with Gasteiger partial charge >= 0.3 is 6.09 Å². The van der Waals surface area contributed by atoms with E-state index in [1.54, 1.807) is 0 Å². The summed E-state index contributed by atoms with van der Waals surface area (Å²) < 4.78 is 5.78. The molecule has 0 spiro atoms. The third kappa shape index (κ3) is 9.97. The van der Waals surface area contributed by atoms with Gasteiger partial charge in [-0.1, -0.05) is 142 Å². The molecule has 0 heterocycles. The summed E-state index contributed by atoms with van der Waals surface area (Å²) in [6.07, 6.45) is 1.43. The van der Waals surface area contributed by atoms with Gasteiger partial charge in [-0.15, -0.1) is 0 Å². The van der Waals surface area contributed by atoms with Crippen LogP contribution in [-0.2, 0) is 21.4 Å². The van der Waals surface area contributed by atoms with Crippen LogP contribution in [0.4, 0.5) is 4.79 Å². The van der Waals surface area contributed by atoms with Crippen LogP contribution >= 0.6 is 12.6 Å². The van der Waals surface area contributed by atoms with Gasteiger partial charge in [-0.2, -0.15) is 12.6 Å². The monoisotopic (exact) mass is 665 g/mol. The predicted molar refractivity (Wildman–Crippen MR) is 199 cm³/mol. The SMILES string of the molecule is CCC(C)[C@H](NC(S)C(CC(c1ccccc1)(c1ccccc1)c1ccccc1)NC(=O)OC(C)(C)C)C(=O)NCCc1ccccc1. The molecule has 0 aliphatic rings. The molecule has 2 amide bonds. The molecule has 254 valence electrons. The second kappa shape index (κ2) is 17.4. The predicted octanol–water partition coefficient (Wildman–Crippen LogP) is 7.92. The van der Waals surface area contributed by atoms with Crippen molar-refractivity contribution in [2.45, 2.75) is 82.4 Å². The Hall–Kier alpha value is -4.07. The van der Waals surface area contributed by atoms with Crippen molar-refractivity contribution in [1.82, 2.24) is 16.0 Å². The normalized spacial score (nSPS) is 14.3. The molecule has 3 unspecified atom stereocenters. The highest BCUT2D eigenvalue weighted by Crippen LogP contribution is 2.43. The standard InChI is InChI=1S/C41H51N3O3S/c1-6-30(2)36(37(45)42-28-27-31-19-11-7-12-20-31)44-38(48)35(43-39(46)47-40(3,4)5)29-41(32-21-13-8-14-22-32,33-23-15-9-16-24-33)34-25-17-10-18-26-34/h7-26,30,35-36,38,44,48H,6,27-29H2,1-5H3,(H,42,45)(H,43,46)/t30?,35?,36-,38?/m0/s1. The summed E-state index contributed by atoms with van der Waals surface area (Å²) in [5.41, 5.74) is 3.04. The van der Waals surface area contributed by atoms with Crippen LogP contribution in [0.1, 0.15) is 69.7 Å². The van der Waals surface area contributed by atoms with Crippen LogP contribution in [0.3, 0.4) is 0 Å². The Labute approximate surface area is 292 Å². The largest absolute Gasteiger partial charge is 0.444 e. The third-order valence-electron chi connectivity index (χ3n) is 8.81. The molecule has 4 rings (SSSR count). The van der Waals surface area contributed by atoms with Crippen LogP contribution in [-0.4, -0.2) is 41.6 Å². The summed E-state index contributed by atoms with van der Waals surface area (Å²) in [7, 11) is 0. The van der Waals surface area contributed by atoms with Crippen LogP contribution in [0.2, 0.25) is 0 Å². The van der Waals surface area contributed by atoms with Crippen molar-refractivity contribution in [3.63, 3.8) is 0 Å². The Morgan fingerprint density at radius 1 is 0.750 bits per heavy atom. The first-order chi connectivity index (χ1) is 23.0. The van der Waals surface area contributed by atoms with E-state index >= 15 is 0 Å². The maximum absolute atomic E-state index is 13.7. The van der Waals surface area contributed by atoms with Crippen molar-refractivity contribution in [1.29, 1.82) is 0 Å². The number of benzene rings is 4. The van der Waals surface area contributed by atoms with Gasteiger partial charge in [0.05, 0.1) is 17.5 Å². The van der Waals surface area contributed by atoms with E-state index in [9.17, 15) is 9.59 Å². The molecule has 0 aliphatic carbocycles. The minimum Gasteiger partial charge on any atom is -0.444 e. The van der Waals surface area contributed by atoms with Gasteiger partial charge in [0.15, 0.2) is 0 Å². The maximum Gasteiger partial charge on any atom is 0.407 e. The number of hydrogen-bond donors (Lipinski definition) is 4. The molecule has 0 aliphatic heterocycles. The topological polar surface area (TPSA) is 79.5 Å². The van der Waals surface area contributed by atoms with Gasteiger partial charge in [0.25, 0.3) is 0 Å². The molecule has 4 aromatic rings. The lowest BCUT2D eigenvalue weighted by molar-refractivity contribution is -0.124. The van der Waals surface area contributed by atoms with Gasteiger partial charge in [-0.3, -0.25) is 10.1 Å². The smallest absolute Gasteiger partial charge is 0.407 e. The first kappa shape index (κ1) is 36.8. The van der Waals surface area contributed by atoms with Crippen LogP contribution in [0, 0.1) is 5.92 Å². The minimum atomic E-state index is -0.693. The van der Waals surface area contributed by atoms with Crippen molar-refractivity contribution in [3.8, 4) is 0 Å². The zero-order valence-electron chi connectivity index (χ0n) is 28.9. The zero-order valence-corrected chi connectivity index (χ0v) is 29.8. The van der Waals surface area contributed by atoms with E-state index in [4.69, 9.17) is 17.4 Å². The number of nitrogens with one attached hydrogen (secondary N) is 3. The van der Waals surface area contributed by atoms with Gasteiger partial charge in [0, 0.05) is 12.0 Å². The first-order valence-corrected chi connectivity index (χ1v) is 17.5. The molecule has 3 N–H and O–H groups in total. The zero-order chi connectivity index (χ0) is 34.6. The quantitative estimate of drug-likeness (QED) is 0.0591. The van der Waals surface area contributed by atoms with Gasteiger partial charge in [0.2, 0.25) is 5.91 Å². The van der Waals surface area contributed by atoms with Crippen LogP contribution in [0.15, 0.2) is 121 Å². The van der Waals surface area contributed by atoms with Crippen molar-refractivity contribution in [2.24, 2.45) is 5.92 Å². The van der Waals surface area contributed by atoms with Crippen LogP contribution < -0.4 is 16.0 Å². The van der Waals surface area contributed by atoms with Crippen molar-refractivity contribution < 1.29 is 14.3 Å². The molecule has 4 aromatic carbocycles. The Bertz CT molecular complexity index is 1450. The Balaban J connectivity index is 1.72. The molecule has 4 atom stereocenters. The molecule has 0 saturated heterocycles. The summed E-state index contributed by atoms with van der Waals surface area (Å²) in [5.74, 6) is -0.0727. The molecule has 7 heteroatoms. The van der Waals surface area contributed by atoms with Crippen molar-refractivity contribution >= 4 is 24.6 Å². The number of ether oxygens (including phenoxy) is 1.